The monoisotopic (exact) mass is 278 g/mol. The number of phenolic OH excluding ortho intramolecular Hbond substituents is 1. The van der Waals surface area contributed by atoms with Crippen molar-refractivity contribution in [3.63, 3.8) is 0 Å². The zero-order valence-corrected chi connectivity index (χ0v) is 11.7. The molecule has 1 N–H and O–H groups in total. The van der Waals surface area contributed by atoms with Gasteiger partial charge >= 0.3 is 4.87 Å². The normalized spacial score (nSPS) is 10.5. The Morgan fingerprint density at radius 3 is 2.37 bits per heavy atom. The van der Waals surface area contributed by atoms with E-state index in [0.717, 1.165) is 11.3 Å². The van der Waals surface area contributed by atoms with Crippen molar-refractivity contribution >= 4 is 22.9 Å². The summed E-state index contributed by atoms with van der Waals surface area (Å²) in [4.78, 5) is 25.6. The Bertz CT molecular complexity index is 670. The van der Waals surface area contributed by atoms with Gasteiger partial charge in [-0.2, -0.15) is 0 Å². The SMILES string of the molecule is Cc1c(C(=O)N(C)c2ccc(O)cc2)sc(=O)n1C. The standard InChI is InChI=1S/C13H14N2O3S/c1-8-11(19-13(18)14(8)2)12(17)15(3)9-4-6-10(16)7-5-9/h4-7,16H,1-3H3. The van der Waals surface area contributed by atoms with Gasteiger partial charge in [0.15, 0.2) is 0 Å². The van der Waals surface area contributed by atoms with Crippen LogP contribution in [0.2, 0.25) is 0 Å². The quantitative estimate of drug-likeness (QED) is 0.910. The average Bonchev–Trinajstić information content (AvgIpc) is 2.66. The highest BCUT2D eigenvalue weighted by Crippen LogP contribution is 2.21. The number of thiazole rings is 1. The lowest BCUT2D eigenvalue weighted by Gasteiger charge is -2.16. The lowest BCUT2D eigenvalue weighted by atomic mass is 10.2. The first-order valence-corrected chi connectivity index (χ1v) is 6.47. The smallest absolute Gasteiger partial charge is 0.307 e. The molecule has 0 aliphatic rings. The fourth-order valence-corrected chi connectivity index (χ4v) is 2.62. The molecule has 100 valence electrons. The highest BCUT2D eigenvalue weighted by atomic mass is 32.1. The number of aromatic hydroxyl groups is 1. The van der Waals surface area contributed by atoms with Crippen LogP contribution in [-0.4, -0.2) is 22.6 Å². The molecule has 0 atom stereocenters. The molecule has 2 rings (SSSR count). The van der Waals surface area contributed by atoms with Gasteiger partial charge in [-0.15, -0.1) is 0 Å². The van der Waals surface area contributed by atoms with Crippen LogP contribution in [-0.2, 0) is 7.05 Å². The molecule has 0 fully saturated rings. The Morgan fingerprint density at radius 1 is 1.32 bits per heavy atom. The minimum Gasteiger partial charge on any atom is -0.508 e. The molecular weight excluding hydrogens is 264 g/mol. The van der Waals surface area contributed by atoms with Gasteiger partial charge in [-0.05, 0) is 31.2 Å². The second-order valence-corrected chi connectivity index (χ2v) is 5.18. The van der Waals surface area contributed by atoms with E-state index in [9.17, 15) is 14.7 Å². The van der Waals surface area contributed by atoms with Gasteiger partial charge in [0.05, 0.1) is 0 Å². The number of rotatable bonds is 2. The molecular formula is C13H14N2O3S. The lowest BCUT2D eigenvalue weighted by Crippen LogP contribution is -2.26. The van der Waals surface area contributed by atoms with Crippen LogP contribution in [0.1, 0.15) is 15.4 Å². The summed E-state index contributed by atoms with van der Waals surface area (Å²) >= 11 is 0.942. The van der Waals surface area contributed by atoms with Gasteiger partial charge in [0.25, 0.3) is 5.91 Å². The van der Waals surface area contributed by atoms with E-state index >= 15 is 0 Å². The minimum absolute atomic E-state index is 0.144. The summed E-state index contributed by atoms with van der Waals surface area (Å²) in [5.41, 5.74) is 1.32. The van der Waals surface area contributed by atoms with E-state index in [1.807, 2.05) is 0 Å². The molecule has 0 bridgehead atoms. The topological polar surface area (TPSA) is 62.5 Å². The van der Waals surface area contributed by atoms with Crippen molar-refractivity contribution in [2.24, 2.45) is 7.05 Å². The summed E-state index contributed by atoms with van der Waals surface area (Å²) in [5.74, 6) is -0.0870. The van der Waals surface area contributed by atoms with Crippen LogP contribution < -0.4 is 9.77 Å². The predicted molar refractivity (Wildman–Crippen MR) is 75.1 cm³/mol. The third-order valence-electron chi connectivity index (χ3n) is 3.03. The molecule has 1 heterocycles. The molecule has 0 saturated carbocycles. The first kappa shape index (κ1) is 13.4. The van der Waals surface area contributed by atoms with Crippen LogP contribution in [0.4, 0.5) is 5.69 Å². The summed E-state index contributed by atoms with van der Waals surface area (Å²) in [7, 11) is 3.28. The second-order valence-electron chi connectivity index (χ2n) is 4.22. The van der Waals surface area contributed by atoms with E-state index in [2.05, 4.69) is 0 Å². The lowest BCUT2D eigenvalue weighted by molar-refractivity contribution is 0.0996. The van der Waals surface area contributed by atoms with E-state index in [-0.39, 0.29) is 16.5 Å². The fraction of sp³-hybridized carbons (Fsp3) is 0.231. The largest absolute Gasteiger partial charge is 0.508 e. The Morgan fingerprint density at radius 2 is 1.89 bits per heavy atom. The molecule has 0 aliphatic heterocycles. The van der Waals surface area contributed by atoms with Gasteiger partial charge in [-0.1, -0.05) is 11.3 Å². The summed E-state index contributed by atoms with van der Waals surface area (Å²) in [6.07, 6.45) is 0. The minimum atomic E-state index is -0.231. The number of benzene rings is 1. The Hall–Kier alpha value is -2.08. The van der Waals surface area contributed by atoms with E-state index in [4.69, 9.17) is 0 Å². The molecule has 1 amide bonds. The molecule has 2 aromatic rings. The van der Waals surface area contributed by atoms with Gasteiger partial charge in [0.2, 0.25) is 0 Å². The van der Waals surface area contributed by atoms with Crippen molar-refractivity contribution in [1.82, 2.24) is 4.57 Å². The van der Waals surface area contributed by atoms with Gasteiger partial charge in [-0.3, -0.25) is 9.59 Å². The second kappa shape index (κ2) is 4.89. The number of hydrogen-bond acceptors (Lipinski definition) is 4. The third-order valence-corrected chi connectivity index (χ3v) is 4.15. The summed E-state index contributed by atoms with van der Waals surface area (Å²) < 4.78 is 1.46. The number of carbonyl (C=O) groups excluding carboxylic acids is 1. The van der Waals surface area contributed by atoms with Gasteiger partial charge in [0.1, 0.15) is 10.6 Å². The maximum absolute atomic E-state index is 12.3. The molecule has 1 aromatic carbocycles. The first-order valence-electron chi connectivity index (χ1n) is 5.65. The van der Waals surface area contributed by atoms with E-state index in [0.29, 0.717) is 16.3 Å². The highest BCUT2D eigenvalue weighted by molar-refractivity contribution is 7.11. The van der Waals surface area contributed by atoms with Crippen molar-refractivity contribution in [2.75, 3.05) is 11.9 Å². The maximum Gasteiger partial charge on any atom is 0.307 e. The van der Waals surface area contributed by atoms with E-state index in [1.54, 1.807) is 33.2 Å². The Kier molecular flexibility index (Phi) is 3.44. The van der Waals surface area contributed by atoms with Crippen molar-refractivity contribution in [1.29, 1.82) is 0 Å². The zero-order valence-electron chi connectivity index (χ0n) is 10.9. The summed E-state index contributed by atoms with van der Waals surface area (Å²) in [6.45, 7) is 1.75. The number of amides is 1. The van der Waals surface area contributed by atoms with Crippen LogP contribution in [0.5, 0.6) is 5.75 Å². The molecule has 0 radical (unpaired) electrons. The number of hydrogen-bond donors (Lipinski definition) is 1. The molecule has 0 unspecified atom stereocenters. The molecule has 1 aromatic heterocycles. The molecule has 6 heteroatoms. The Balaban J connectivity index is 2.36. The van der Waals surface area contributed by atoms with Crippen molar-refractivity contribution in [3.8, 4) is 5.75 Å². The van der Waals surface area contributed by atoms with Crippen molar-refractivity contribution in [2.45, 2.75) is 6.92 Å². The van der Waals surface area contributed by atoms with E-state index in [1.165, 1.54) is 21.6 Å². The molecule has 19 heavy (non-hydrogen) atoms. The van der Waals surface area contributed by atoms with Crippen LogP contribution >= 0.6 is 11.3 Å². The highest BCUT2D eigenvalue weighted by Gasteiger charge is 2.20. The Labute approximate surface area is 114 Å². The number of phenols is 1. The number of nitrogens with zero attached hydrogens (tertiary/aromatic N) is 2. The van der Waals surface area contributed by atoms with Crippen molar-refractivity contribution < 1.29 is 9.90 Å². The number of carbonyl (C=O) groups is 1. The molecule has 0 saturated heterocycles. The van der Waals surface area contributed by atoms with Crippen LogP contribution in [0.25, 0.3) is 0 Å². The molecule has 0 spiro atoms. The van der Waals surface area contributed by atoms with E-state index < -0.39 is 0 Å². The van der Waals surface area contributed by atoms with Crippen molar-refractivity contribution in [3.05, 3.63) is 44.5 Å². The fourth-order valence-electron chi connectivity index (χ4n) is 1.66. The number of anilines is 1. The maximum atomic E-state index is 12.3. The van der Waals surface area contributed by atoms with Crippen LogP contribution in [0, 0.1) is 6.92 Å². The molecule has 5 nitrogen and oxygen atoms in total. The predicted octanol–water partition coefficient (Wildman–Crippen LogP) is 1.74. The van der Waals surface area contributed by atoms with Crippen LogP contribution in [0.3, 0.4) is 0 Å². The third kappa shape index (κ3) is 2.39. The molecule has 0 aliphatic carbocycles. The van der Waals surface area contributed by atoms with Gasteiger partial charge in [0, 0.05) is 25.5 Å². The van der Waals surface area contributed by atoms with Crippen LogP contribution in [0.15, 0.2) is 29.1 Å². The summed E-state index contributed by atoms with van der Waals surface area (Å²) in [6, 6.07) is 6.32. The summed E-state index contributed by atoms with van der Waals surface area (Å²) in [5, 5.41) is 9.23. The van der Waals surface area contributed by atoms with Gasteiger partial charge < -0.3 is 14.6 Å². The number of aromatic nitrogens is 1. The zero-order chi connectivity index (χ0) is 14.2. The van der Waals surface area contributed by atoms with Gasteiger partial charge in [-0.25, -0.2) is 0 Å². The average molecular weight is 278 g/mol. The first-order chi connectivity index (χ1) is 8.91.